The molecule has 0 saturated carbocycles. The maximum absolute atomic E-state index is 5.81. The molecule has 1 saturated heterocycles. The van der Waals surface area contributed by atoms with Gasteiger partial charge >= 0.3 is 6.01 Å². The molecule has 0 aromatic carbocycles. The van der Waals surface area contributed by atoms with E-state index in [-0.39, 0.29) is 23.4 Å². The molecule has 1 aromatic heterocycles. The number of rotatable bonds is 4. The normalized spacial score (nSPS) is 19.6. The number of anilines is 1. The minimum Gasteiger partial charge on any atom is -0.461 e. The van der Waals surface area contributed by atoms with E-state index in [0.29, 0.717) is 12.6 Å². The maximum atomic E-state index is 5.81. The standard InChI is InChI=1S/C10H15ClN4O2/c1-6(2)17-10-14-8(11)13-9(15-10)12-7-3-4-16-5-7/h6-7H,3-5H2,1-2H3,(H,12,13,14,15). The van der Waals surface area contributed by atoms with Crippen molar-refractivity contribution in [1.29, 1.82) is 0 Å². The van der Waals surface area contributed by atoms with Crippen LogP contribution in [0, 0.1) is 0 Å². The molecule has 0 bridgehead atoms. The van der Waals surface area contributed by atoms with Crippen LogP contribution in [0.3, 0.4) is 0 Å². The Kier molecular flexibility index (Phi) is 3.96. The first kappa shape index (κ1) is 12.3. The fourth-order valence-electron chi connectivity index (χ4n) is 1.49. The summed E-state index contributed by atoms with van der Waals surface area (Å²) in [5.74, 6) is 0.427. The van der Waals surface area contributed by atoms with Gasteiger partial charge in [-0.2, -0.15) is 15.0 Å². The van der Waals surface area contributed by atoms with Crippen molar-refractivity contribution >= 4 is 17.5 Å². The van der Waals surface area contributed by atoms with Crippen LogP contribution in [0.25, 0.3) is 0 Å². The highest BCUT2D eigenvalue weighted by Crippen LogP contribution is 2.15. The summed E-state index contributed by atoms with van der Waals surface area (Å²) in [6.45, 7) is 5.21. The second-order valence-electron chi connectivity index (χ2n) is 4.08. The van der Waals surface area contributed by atoms with E-state index in [0.717, 1.165) is 13.0 Å². The SMILES string of the molecule is CC(C)Oc1nc(Cl)nc(NC2CCOC2)n1. The van der Waals surface area contributed by atoms with Crippen LogP contribution < -0.4 is 10.1 Å². The number of hydrogen-bond acceptors (Lipinski definition) is 6. The van der Waals surface area contributed by atoms with Crippen molar-refractivity contribution in [1.82, 2.24) is 15.0 Å². The number of hydrogen-bond donors (Lipinski definition) is 1. The van der Waals surface area contributed by atoms with Crippen molar-refractivity contribution in [3.05, 3.63) is 5.28 Å². The average Bonchev–Trinajstić information content (AvgIpc) is 2.67. The van der Waals surface area contributed by atoms with E-state index in [4.69, 9.17) is 21.1 Å². The fourth-order valence-corrected chi connectivity index (χ4v) is 1.64. The molecule has 1 aliphatic rings. The number of aromatic nitrogens is 3. The lowest BCUT2D eigenvalue weighted by atomic mass is 10.3. The third-order valence-electron chi connectivity index (χ3n) is 2.19. The second-order valence-corrected chi connectivity index (χ2v) is 4.42. The summed E-state index contributed by atoms with van der Waals surface area (Å²) in [7, 11) is 0. The predicted octanol–water partition coefficient (Wildman–Crippen LogP) is 1.51. The van der Waals surface area contributed by atoms with Gasteiger partial charge in [0.15, 0.2) is 0 Å². The highest BCUT2D eigenvalue weighted by molar-refractivity contribution is 6.28. The fraction of sp³-hybridized carbons (Fsp3) is 0.700. The number of halogens is 1. The van der Waals surface area contributed by atoms with Gasteiger partial charge in [0.25, 0.3) is 0 Å². The summed E-state index contributed by atoms with van der Waals surface area (Å²) in [5, 5.41) is 3.27. The van der Waals surface area contributed by atoms with Gasteiger partial charge in [-0.25, -0.2) is 0 Å². The minimum atomic E-state index is -0.00358. The Labute approximate surface area is 105 Å². The summed E-state index contributed by atoms with van der Waals surface area (Å²) < 4.78 is 10.6. The van der Waals surface area contributed by atoms with E-state index in [2.05, 4.69) is 20.3 Å². The number of ether oxygens (including phenoxy) is 2. The van der Waals surface area contributed by atoms with Crippen LogP contribution >= 0.6 is 11.6 Å². The van der Waals surface area contributed by atoms with Gasteiger partial charge in [0.2, 0.25) is 11.2 Å². The van der Waals surface area contributed by atoms with Gasteiger partial charge in [-0.1, -0.05) is 0 Å². The molecule has 1 aromatic rings. The Hall–Kier alpha value is -1.14. The van der Waals surface area contributed by atoms with Crippen LogP contribution in [-0.2, 0) is 4.74 Å². The van der Waals surface area contributed by atoms with Crippen LogP contribution in [0.1, 0.15) is 20.3 Å². The van der Waals surface area contributed by atoms with Crippen LogP contribution in [0.15, 0.2) is 0 Å². The van der Waals surface area contributed by atoms with E-state index in [1.807, 2.05) is 13.8 Å². The third kappa shape index (κ3) is 3.67. The molecule has 1 atom stereocenters. The van der Waals surface area contributed by atoms with Crippen LogP contribution in [0.5, 0.6) is 6.01 Å². The zero-order valence-electron chi connectivity index (χ0n) is 9.81. The summed E-state index contributed by atoms with van der Waals surface area (Å²) in [6, 6.07) is 0.460. The zero-order chi connectivity index (χ0) is 12.3. The molecular formula is C10H15ClN4O2. The van der Waals surface area contributed by atoms with Crippen molar-refractivity contribution in [3.63, 3.8) is 0 Å². The van der Waals surface area contributed by atoms with Gasteiger partial charge in [0.05, 0.1) is 18.8 Å². The van der Waals surface area contributed by atoms with Gasteiger partial charge in [0, 0.05) is 6.61 Å². The van der Waals surface area contributed by atoms with Gasteiger partial charge in [-0.05, 0) is 31.9 Å². The molecule has 0 spiro atoms. The number of nitrogens with one attached hydrogen (secondary N) is 1. The van der Waals surface area contributed by atoms with Gasteiger partial charge in [-0.15, -0.1) is 0 Å². The molecule has 1 unspecified atom stereocenters. The lowest BCUT2D eigenvalue weighted by Gasteiger charge is -2.12. The molecule has 0 radical (unpaired) electrons. The topological polar surface area (TPSA) is 69.2 Å². The van der Waals surface area contributed by atoms with E-state index >= 15 is 0 Å². The molecule has 0 amide bonds. The van der Waals surface area contributed by atoms with Crippen molar-refractivity contribution in [2.75, 3.05) is 18.5 Å². The molecule has 94 valence electrons. The number of nitrogens with zero attached hydrogens (tertiary/aromatic N) is 3. The molecule has 2 rings (SSSR count). The quantitative estimate of drug-likeness (QED) is 0.883. The molecule has 6 nitrogen and oxygen atoms in total. The highest BCUT2D eigenvalue weighted by atomic mass is 35.5. The lowest BCUT2D eigenvalue weighted by Crippen LogP contribution is -2.21. The predicted molar refractivity (Wildman–Crippen MR) is 63.4 cm³/mol. The molecule has 1 aliphatic heterocycles. The summed E-state index contributed by atoms with van der Waals surface area (Å²) in [4.78, 5) is 12.0. The Bertz CT molecular complexity index is 383. The van der Waals surface area contributed by atoms with Crippen LogP contribution in [0.2, 0.25) is 5.28 Å². The largest absolute Gasteiger partial charge is 0.461 e. The van der Waals surface area contributed by atoms with Crippen molar-refractivity contribution in [3.8, 4) is 6.01 Å². The van der Waals surface area contributed by atoms with Crippen molar-refractivity contribution in [2.24, 2.45) is 0 Å². The molecule has 2 heterocycles. The molecule has 1 N–H and O–H groups in total. The summed E-state index contributed by atoms with van der Waals surface area (Å²) in [5.41, 5.74) is 0. The molecule has 1 fully saturated rings. The lowest BCUT2D eigenvalue weighted by molar-refractivity contribution is 0.195. The van der Waals surface area contributed by atoms with Gasteiger partial charge in [0.1, 0.15) is 0 Å². The van der Waals surface area contributed by atoms with E-state index in [9.17, 15) is 0 Å². The second kappa shape index (κ2) is 5.46. The zero-order valence-corrected chi connectivity index (χ0v) is 10.6. The Morgan fingerprint density at radius 2 is 2.24 bits per heavy atom. The van der Waals surface area contributed by atoms with Gasteiger partial charge in [-0.3, -0.25) is 0 Å². The smallest absolute Gasteiger partial charge is 0.322 e. The first-order valence-electron chi connectivity index (χ1n) is 5.56. The first-order valence-corrected chi connectivity index (χ1v) is 5.94. The minimum absolute atomic E-state index is 0.00358. The van der Waals surface area contributed by atoms with Crippen molar-refractivity contribution < 1.29 is 9.47 Å². The maximum Gasteiger partial charge on any atom is 0.322 e. The van der Waals surface area contributed by atoms with Gasteiger partial charge < -0.3 is 14.8 Å². The van der Waals surface area contributed by atoms with E-state index < -0.39 is 0 Å². The third-order valence-corrected chi connectivity index (χ3v) is 2.36. The molecule has 17 heavy (non-hydrogen) atoms. The first-order chi connectivity index (χ1) is 8.13. The highest BCUT2D eigenvalue weighted by Gasteiger charge is 2.17. The summed E-state index contributed by atoms with van der Waals surface area (Å²) >= 11 is 5.81. The Balaban J connectivity index is 2.07. The van der Waals surface area contributed by atoms with E-state index in [1.165, 1.54) is 0 Å². The van der Waals surface area contributed by atoms with Crippen LogP contribution in [0.4, 0.5) is 5.95 Å². The van der Waals surface area contributed by atoms with E-state index in [1.54, 1.807) is 0 Å². The Morgan fingerprint density at radius 1 is 1.41 bits per heavy atom. The van der Waals surface area contributed by atoms with Crippen LogP contribution in [-0.4, -0.2) is 40.3 Å². The monoisotopic (exact) mass is 258 g/mol. The summed E-state index contributed by atoms with van der Waals surface area (Å²) in [6.07, 6.45) is 0.931. The Morgan fingerprint density at radius 3 is 2.88 bits per heavy atom. The molecule has 0 aliphatic carbocycles. The molecule has 7 heteroatoms. The molecular weight excluding hydrogens is 244 g/mol. The van der Waals surface area contributed by atoms with Crippen molar-refractivity contribution in [2.45, 2.75) is 32.4 Å². The average molecular weight is 259 g/mol.